The molecule has 0 aromatic rings. The fraction of sp³-hybridized carbons (Fsp3) is 0.385. The van der Waals surface area contributed by atoms with Crippen molar-refractivity contribution < 1.29 is 0 Å². The van der Waals surface area contributed by atoms with Crippen molar-refractivity contribution in [2.45, 2.75) is 33.1 Å². The maximum Gasteiger partial charge on any atom is -0.0233 e. The molecule has 1 aliphatic carbocycles. The van der Waals surface area contributed by atoms with E-state index in [2.05, 4.69) is 39.2 Å². The molecule has 13 heavy (non-hydrogen) atoms. The van der Waals surface area contributed by atoms with Crippen LogP contribution in [0.1, 0.15) is 33.1 Å². The van der Waals surface area contributed by atoms with Crippen molar-refractivity contribution in [3.05, 3.63) is 48.6 Å². The third kappa shape index (κ3) is 4.51. The molecule has 0 radical (unpaired) electrons. The highest BCUT2D eigenvalue weighted by Crippen LogP contribution is 2.19. The van der Waals surface area contributed by atoms with E-state index in [9.17, 15) is 0 Å². The van der Waals surface area contributed by atoms with Gasteiger partial charge in [0.15, 0.2) is 0 Å². The Kier molecular flexibility index (Phi) is 6.99. The van der Waals surface area contributed by atoms with Gasteiger partial charge in [0.25, 0.3) is 0 Å². The first-order valence-electron chi connectivity index (χ1n) is 4.95. The second kappa shape index (κ2) is 7.60. The third-order valence-corrected chi connectivity index (χ3v) is 1.67. The summed E-state index contributed by atoms with van der Waals surface area (Å²) >= 11 is 0. The normalized spacial score (nSPS) is 14.6. The van der Waals surface area contributed by atoms with Crippen LogP contribution in [0.15, 0.2) is 48.6 Å². The lowest BCUT2D eigenvalue weighted by molar-refractivity contribution is 1.01. The molecule has 0 saturated heterocycles. The van der Waals surface area contributed by atoms with Gasteiger partial charge in [0.2, 0.25) is 0 Å². The van der Waals surface area contributed by atoms with E-state index in [1.165, 1.54) is 17.6 Å². The van der Waals surface area contributed by atoms with E-state index < -0.39 is 0 Å². The summed E-state index contributed by atoms with van der Waals surface area (Å²) in [6, 6.07) is 0. The second-order valence-electron chi connectivity index (χ2n) is 3.01. The molecule has 0 nitrogen and oxygen atoms in total. The Morgan fingerprint density at radius 1 is 1.08 bits per heavy atom. The summed E-state index contributed by atoms with van der Waals surface area (Å²) in [4.78, 5) is 0. The van der Waals surface area contributed by atoms with Crippen LogP contribution in [0.2, 0.25) is 0 Å². The second-order valence-corrected chi connectivity index (χ2v) is 3.01. The molecule has 1 aliphatic rings. The quantitative estimate of drug-likeness (QED) is 0.584. The first-order valence-corrected chi connectivity index (χ1v) is 4.95. The molecule has 0 atom stereocenters. The van der Waals surface area contributed by atoms with E-state index >= 15 is 0 Å². The largest absolute Gasteiger partial charge is 0.0985 e. The van der Waals surface area contributed by atoms with E-state index in [1.54, 1.807) is 0 Å². The Labute approximate surface area is 82.4 Å². The van der Waals surface area contributed by atoms with E-state index in [0.717, 1.165) is 12.8 Å². The molecule has 0 aliphatic heterocycles. The molecule has 72 valence electrons. The van der Waals surface area contributed by atoms with Gasteiger partial charge < -0.3 is 0 Å². The topological polar surface area (TPSA) is 0 Å². The van der Waals surface area contributed by atoms with Crippen LogP contribution >= 0.6 is 0 Å². The van der Waals surface area contributed by atoms with E-state index in [0.29, 0.717) is 0 Å². The van der Waals surface area contributed by atoms with Crippen molar-refractivity contribution >= 4 is 0 Å². The summed E-state index contributed by atoms with van der Waals surface area (Å²) in [5.41, 5.74) is 2.45. The summed E-state index contributed by atoms with van der Waals surface area (Å²) < 4.78 is 0. The van der Waals surface area contributed by atoms with Crippen LogP contribution in [0.5, 0.6) is 0 Å². The molecule has 0 saturated carbocycles. The van der Waals surface area contributed by atoms with Crippen molar-refractivity contribution in [2.24, 2.45) is 0 Å². The Morgan fingerprint density at radius 3 is 1.62 bits per heavy atom. The molecule has 0 bridgehead atoms. The summed E-state index contributed by atoms with van der Waals surface area (Å²) in [5, 5.41) is 0. The lowest BCUT2D eigenvalue weighted by Crippen LogP contribution is -1.88. The van der Waals surface area contributed by atoms with Crippen LogP contribution in [-0.4, -0.2) is 0 Å². The maximum atomic E-state index is 3.73. The third-order valence-electron chi connectivity index (χ3n) is 1.67. The van der Waals surface area contributed by atoms with E-state index in [4.69, 9.17) is 0 Å². The van der Waals surface area contributed by atoms with Crippen LogP contribution in [0.3, 0.4) is 0 Å². The molecule has 0 aromatic heterocycles. The minimum Gasteiger partial charge on any atom is -0.0985 e. The molecule has 0 spiro atoms. The van der Waals surface area contributed by atoms with E-state index in [1.807, 2.05) is 12.2 Å². The van der Waals surface area contributed by atoms with Gasteiger partial charge in [0, 0.05) is 0 Å². The predicted molar refractivity (Wildman–Crippen MR) is 61.8 cm³/mol. The average Bonchev–Trinajstić information content (AvgIpc) is 2.19. The first kappa shape index (κ1) is 12.0. The highest BCUT2D eigenvalue weighted by atomic mass is 14.0. The van der Waals surface area contributed by atoms with Gasteiger partial charge in [-0.25, -0.2) is 0 Å². The summed E-state index contributed by atoms with van der Waals surface area (Å²) in [5.74, 6) is 0. The highest BCUT2D eigenvalue weighted by Gasteiger charge is 1.99. The standard InChI is InChI=1S/C10H12.C3H8/c1-3-9-7-5-6-8-10(9)4-2;1-3-2/h3-4,7-8H,1-2,5-6H2;3H2,1-2H3. The number of rotatable bonds is 2. The van der Waals surface area contributed by atoms with Gasteiger partial charge in [-0.3, -0.25) is 0 Å². The van der Waals surface area contributed by atoms with Gasteiger partial charge in [-0.1, -0.05) is 57.7 Å². The Hall–Kier alpha value is -1.04. The van der Waals surface area contributed by atoms with E-state index in [-0.39, 0.29) is 0 Å². The minimum atomic E-state index is 1.14. The SMILES string of the molecule is C=CC1=CCCC=C1C=C.CCC. The van der Waals surface area contributed by atoms with Gasteiger partial charge in [-0.15, -0.1) is 0 Å². The average molecular weight is 176 g/mol. The molecular weight excluding hydrogens is 156 g/mol. The lowest BCUT2D eigenvalue weighted by atomic mass is 9.98. The van der Waals surface area contributed by atoms with Crippen molar-refractivity contribution in [2.75, 3.05) is 0 Å². The van der Waals surface area contributed by atoms with Crippen LogP contribution in [0, 0.1) is 0 Å². The van der Waals surface area contributed by atoms with Crippen molar-refractivity contribution in [1.29, 1.82) is 0 Å². The van der Waals surface area contributed by atoms with Gasteiger partial charge in [-0.2, -0.15) is 0 Å². The monoisotopic (exact) mass is 176 g/mol. The molecule has 0 fully saturated rings. The molecular formula is C13H20. The summed E-state index contributed by atoms with van der Waals surface area (Å²) in [7, 11) is 0. The number of allylic oxidation sites excluding steroid dienone is 6. The van der Waals surface area contributed by atoms with Crippen molar-refractivity contribution in [3.8, 4) is 0 Å². The molecule has 0 aromatic carbocycles. The van der Waals surface area contributed by atoms with Gasteiger partial charge >= 0.3 is 0 Å². The Morgan fingerprint density at radius 2 is 1.38 bits per heavy atom. The fourth-order valence-electron chi connectivity index (χ4n) is 1.12. The van der Waals surface area contributed by atoms with Crippen molar-refractivity contribution in [3.63, 3.8) is 0 Å². The van der Waals surface area contributed by atoms with Gasteiger partial charge in [0.1, 0.15) is 0 Å². The molecule has 0 heterocycles. The summed E-state index contributed by atoms with van der Waals surface area (Å²) in [6.45, 7) is 11.7. The zero-order chi connectivity index (χ0) is 10.1. The fourth-order valence-corrected chi connectivity index (χ4v) is 1.12. The van der Waals surface area contributed by atoms with Crippen LogP contribution in [0.25, 0.3) is 0 Å². The Bertz CT molecular complexity index is 192. The van der Waals surface area contributed by atoms with Crippen LogP contribution in [0.4, 0.5) is 0 Å². The maximum absolute atomic E-state index is 3.73. The molecule has 1 rings (SSSR count). The zero-order valence-corrected chi connectivity index (χ0v) is 8.84. The zero-order valence-electron chi connectivity index (χ0n) is 8.84. The molecule has 0 N–H and O–H groups in total. The highest BCUT2D eigenvalue weighted by molar-refractivity contribution is 5.46. The van der Waals surface area contributed by atoms with Gasteiger partial charge in [-0.05, 0) is 24.0 Å². The minimum absolute atomic E-state index is 1.14. The number of hydrogen-bond acceptors (Lipinski definition) is 0. The molecule has 0 heteroatoms. The molecule has 0 amide bonds. The Balaban J connectivity index is 0.000000424. The van der Waals surface area contributed by atoms with Crippen LogP contribution in [-0.2, 0) is 0 Å². The number of hydrogen-bond donors (Lipinski definition) is 0. The first-order chi connectivity index (χ1) is 6.29. The lowest BCUT2D eigenvalue weighted by Gasteiger charge is -2.07. The molecule has 0 unspecified atom stereocenters. The van der Waals surface area contributed by atoms with Crippen molar-refractivity contribution in [1.82, 2.24) is 0 Å². The smallest absolute Gasteiger partial charge is 0.0233 e. The van der Waals surface area contributed by atoms with Crippen LogP contribution < -0.4 is 0 Å². The summed E-state index contributed by atoms with van der Waals surface area (Å²) in [6.07, 6.45) is 11.7. The van der Waals surface area contributed by atoms with Gasteiger partial charge in [0.05, 0.1) is 0 Å². The predicted octanol–water partition coefficient (Wildman–Crippen LogP) is 4.42.